The highest BCUT2D eigenvalue weighted by molar-refractivity contribution is 7.89. The predicted molar refractivity (Wildman–Crippen MR) is 110 cm³/mol. The third-order valence-electron chi connectivity index (χ3n) is 4.39. The Bertz CT molecular complexity index is 925. The van der Waals surface area contributed by atoms with E-state index in [1.165, 1.54) is 42.9 Å². The van der Waals surface area contributed by atoms with E-state index in [1.54, 1.807) is 0 Å². The number of carbonyl (C=O) groups excluding carboxylic acids is 1. The highest BCUT2D eigenvalue weighted by atomic mass is 32.2. The smallest absolute Gasteiger partial charge is 0.244 e. The molecule has 1 N–H and O–H groups in total. The summed E-state index contributed by atoms with van der Waals surface area (Å²) in [5.41, 5.74) is 0.864. The van der Waals surface area contributed by atoms with E-state index in [2.05, 4.69) is 20.2 Å². The second-order valence-electron chi connectivity index (χ2n) is 7.09. The van der Waals surface area contributed by atoms with Gasteiger partial charge in [0.05, 0.1) is 24.4 Å². The molecule has 0 saturated carbocycles. The van der Waals surface area contributed by atoms with Gasteiger partial charge in [-0.3, -0.25) is 14.7 Å². The summed E-state index contributed by atoms with van der Waals surface area (Å²) >= 11 is 1.32. The van der Waals surface area contributed by atoms with Crippen LogP contribution in [0.2, 0.25) is 0 Å². The number of anilines is 1. The number of rotatable bonds is 7. The number of nitrogens with zero attached hydrogens (tertiary/aromatic N) is 4. The van der Waals surface area contributed by atoms with Crippen molar-refractivity contribution in [3.05, 3.63) is 35.6 Å². The molecule has 0 bridgehead atoms. The summed E-state index contributed by atoms with van der Waals surface area (Å²) in [7, 11) is -2.42. The Balaban J connectivity index is 1.55. The van der Waals surface area contributed by atoms with Crippen LogP contribution in [-0.4, -0.2) is 72.4 Å². The van der Waals surface area contributed by atoms with Crippen molar-refractivity contribution in [2.24, 2.45) is 0 Å². The summed E-state index contributed by atoms with van der Waals surface area (Å²) in [5.74, 6) is -0.450. The molecule has 3 rings (SSSR count). The van der Waals surface area contributed by atoms with Gasteiger partial charge in [-0.1, -0.05) is 0 Å². The molecule has 158 valence electrons. The molecule has 1 aliphatic rings. The molecule has 0 aromatic carbocycles. The van der Waals surface area contributed by atoms with Crippen LogP contribution in [0.25, 0.3) is 0 Å². The zero-order valence-corrected chi connectivity index (χ0v) is 18.2. The van der Waals surface area contributed by atoms with E-state index >= 15 is 0 Å². The Kier molecular flexibility index (Phi) is 6.96. The summed E-state index contributed by atoms with van der Waals surface area (Å²) in [6.45, 7) is 6.13. The van der Waals surface area contributed by atoms with Gasteiger partial charge in [0, 0.05) is 44.5 Å². The van der Waals surface area contributed by atoms with Gasteiger partial charge in [0.1, 0.15) is 4.90 Å². The lowest BCUT2D eigenvalue weighted by Crippen LogP contribution is -2.44. The van der Waals surface area contributed by atoms with Gasteiger partial charge in [-0.15, -0.1) is 11.3 Å². The lowest BCUT2D eigenvalue weighted by Gasteiger charge is -2.34. The lowest BCUT2D eigenvalue weighted by molar-refractivity contribution is -0.116. The third-order valence-corrected chi connectivity index (χ3v) is 6.98. The minimum atomic E-state index is -3.78. The van der Waals surface area contributed by atoms with Crippen LogP contribution < -0.4 is 5.32 Å². The molecule has 9 nitrogen and oxygen atoms in total. The van der Waals surface area contributed by atoms with Crippen molar-refractivity contribution < 1.29 is 17.9 Å². The highest BCUT2D eigenvalue weighted by Crippen LogP contribution is 2.19. The van der Waals surface area contributed by atoms with Crippen LogP contribution in [0.4, 0.5) is 5.13 Å². The van der Waals surface area contributed by atoms with Crippen LogP contribution in [0.15, 0.2) is 34.8 Å². The highest BCUT2D eigenvalue weighted by Gasteiger charge is 2.24. The normalized spacial score (nSPS) is 20.7. The van der Waals surface area contributed by atoms with Crippen molar-refractivity contribution in [3.63, 3.8) is 0 Å². The molecule has 1 saturated heterocycles. The summed E-state index contributed by atoms with van der Waals surface area (Å²) in [6, 6.07) is 2.98. The number of aromatic nitrogens is 2. The van der Waals surface area contributed by atoms with Crippen LogP contribution in [0, 0.1) is 0 Å². The fourth-order valence-electron chi connectivity index (χ4n) is 3.21. The molecule has 2 aromatic rings. The van der Waals surface area contributed by atoms with E-state index in [4.69, 9.17) is 4.74 Å². The van der Waals surface area contributed by atoms with Gasteiger partial charge in [-0.2, -0.15) is 4.31 Å². The molecule has 1 fully saturated rings. The molecular formula is C18H25N5O4S2. The van der Waals surface area contributed by atoms with Crippen molar-refractivity contribution in [1.82, 2.24) is 19.2 Å². The average molecular weight is 440 g/mol. The molecule has 29 heavy (non-hydrogen) atoms. The minimum absolute atomic E-state index is 0.0424. The predicted octanol–water partition coefficient (Wildman–Crippen LogP) is 1.41. The topological polar surface area (TPSA) is 105 Å². The maximum absolute atomic E-state index is 12.5. The first kappa shape index (κ1) is 21.8. The van der Waals surface area contributed by atoms with Gasteiger partial charge in [0.2, 0.25) is 15.9 Å². The summed E-state index contributed by atoms with van der Waals surface area (Å²) < 4.78 is 31.7. The quantitative estimate of drug-likeness (QED) is 0.695. The number of carbonyl (C=O) groups is 1. The van der Waals surface area contributed by atoms with Gasteiger partial charge >= 0.3 is 0 Å². The molecule has 2 unspecified atom stereocenters. The van der Waals surface area contributed by atoms with Crippen LogP contribution in [0.5, 0.6) is 0 Å². The van der Waals surface area contributed by atoms with E-state index in [0.717, 1.165) is 23.1 Å². The first-order valence-corrected chi connectivity index (χ1v) is 11.5. The zero-order valence-electron chi connectivity index (χ0n) is 16.6. The van der Waals surface area contributed by atoms with E-state index in [-0.39, 0.29) is 23.6 Å². The number of pyridine rings is 1. The summed E-state index contributed by atoms with van der Waals surface area (Å²) in [4.78, 5) is 22.9. The van der Waals surface area contributed by atoms with Crippen molar-refractivity contribution in [2.75, 3.05) is 32.0 Å². The molecule has 0 aliphatic carbocycles. The van der Waals surface area contributed by atoms with Gasteiger partial charge in [-0.25, -0.2) is 13.4 Å². The number of likely N-dealkylation sites (N-methyl/N-ethyl adjacent to an activating group) is 1. The fourth-order valence-corrected chi connectivity index (χ4v) is 5.01. The number of hydrogen-bond acceptors (Lipinski definition) is 8. The number of ether oxygens (including phenoxy) is 1. The average Bonchev–Trinajstić information content (AvgIpc) is 3.08. The SMILES string of the molecule is CC1CN(Cc2csc(NC(=O)CN(C)S(=O)(=O)c3cccnc3)n2)CC(C)O1. The monoisotopic (exact) mass is 439 g/mol. The number of morpholine rings is 1. The van der Waals surface area contributed by atoms with E-state index in [0.29, 0.717) is 11.7 Å². The molecule has 1 amide bonds. The number of hydrogen-bond donors (Lipinski definition) is 1. The Morgan fingerprint density at radius 1 is 1.38 bits per heavy atom. The second-order valence-corrected chi connectivity index (χ2v) is 10.00. The Labute approximate surface area is 174 Å². The molecule has 0 spiro atoms. The van der Waals surface area contributed by atoms with Gasteiger partial charge < -0.3 is 10.1 Å². The summed E-state index contributed by atoms with van der Waals surface area (Å²) in [5, 5.41) is 5.02. The summed E-state index contributed by atoms with van der Waals surface area (Å²) in [6.07, 6.45) is 3.09. The largest absolute Gasteiger partial charge is 0.373 e. The molecule has 2 aromatic heterocycles. The van der Waals surface area contributed by atoms with Crippen molar-refractivity contribution >= 4 is 32.4 Å². The molecule has 2 atom stereocenters. The van der Waals surface area contributed by atoms with E-state index < -0.39 is 15.9 Å². The maximum Gasteiger partial charge on any atom is 0.244 e. The zero-order chi connectivity index (χ0) is 21.0. The third kappa shape index (κ3) is 5.80. The van der Waals surface area contributed by atoms with Crippen molar-refractivity contribution in [2.45, 2.75) is 37.5 Å². The number of sulfonamides is 1. The molecule has 1 aliphatic heterocycles. The first-order chi connectivity index (χ1) is 13.7. The van der Waals surface area contributed by atoms with Crippen LogP contribution in [0.3, 0.4) is 0 Å². The van der Waals surface area contributed by atoms with Crippen LogP contribution >= 0.6 is 11.3 Å². The van der Waals surface area contributed by atoms with Gasteiger partial charge in [-0.05, 0) is 26.0 Å². The number of amides is 1. The Morgan fingerprint density at radius 2 is 2.10 bits per heavy atom. The van der Waals surface area contributed by atoms with E-state index in [1.807, 2.05) is 19.2 Å². The fraction of sp³-hybridized carbons (Fsp3) is 0.500. The molecule has 0 radical (unpaired) electrons. The standard InChI is InChI=1S/C18H25N5O4S2/c1-13-8-23(9-14(2)27-13)10-15-12-28-18(20-15)21-17(24)11-22(3)29(25,26)16-5-4-6-19-7-16/h4-7,12-14H,8-11H2,1-3H3,(H,20,21,24). The lowest BCUT2D eigenvalue weighted by atomic mass is 10.2. The van der Waals surface area contributed by atoms with E-state index in [9.17, 15) is 13.2 Å². The molecule has 3 heterocycles. The van der Waals surface area contributed by atoms with Crippen LogP contribution in [-0.2, 0) is 26.1 Å². The Hall–Kier alpha value is -1.92. The molecular weight excluding hydrogens is 414 g/mol. The van der Waals surface area contributed by atoms with Gasteiger partial charge in [0.15, 0.2) is 5.13 Å². The van der Waals surface area contributed by atoms with Crippen LogP contribution in [0.1, 0.15) is 19.5 Å². The maximum atomic E-state index is 12.5. The second kappa shape index (κ2) is 9.26. The molecule has 11 heteroatoms. The Morgan fingerprint density at radius 3 is 2.76 bits per heavy atom. The minimum Gasteiger partial charge on any atom is -0.373 e. The first-order valence-electron chi connectivity index (χ1n) is 9.22. The number of thiazole rings is 1. The van der Waals surface area contributed by atoms with Crippen molar-refractivity contribution in [3.8, 4) is 0 Å². The number of nitrogens with one attached hydrogen (secondary N) is 1. The van der Waals surface area contributed by atoms with Gasteiger partial charge in [0.25, 0.3) is 0 Å². The van der Waals surface area contributed by atoms with Crippen molar-refractivity contribution in [1.29, 1.82) is 0 Å².